The molecule has 1 heterocycles. The van der Waals surface area contributed by atoms with Crippen LogP contribution in [0.25, 0.3) is 10.9 Å². The van der Waals surface area contributed by atoms with Crippen LogP contribution >= 0.6 is 11.8 Å². The summed E-state index contributed by atoms with van der Waals surface area (Å²) in [4.78, 5) is 17.8. The summed E-state index contributed by atoms with van der Waals surface area (Å²) in [6.07, 6.45) is 5.41. The van der Waals surface area contributed by atoms with Gasteiger partial charge in [-0.05, 0) is 30.4 Å². The highest BCUT2D eigenvalue weighted by Gasteiger charge is 2.27. The molecule has 0 radical (unpaired) electrons. The maximum Gasteiger partial charge on any atom is 0.230 e. The first-order valence-electron chi connectivity index (χ1n) is 8.41. The van der Waals surface area contributed by atoms with Crippen LogP contribution in [-0.4, -0.2) is 22.7 Å². The molecule has 122 valence electrons. The van der Waals surface area contributed by atoms with Gasteiger partial charge in [-0.3, -0.25) is 9.78 Å². The molecule has 3 nitrogen and oxygen atoms in total. The standard InChI is InChI=1S/C19H24N2OS/c1-13-6-3-9-16(14(13)2)21-18(22)12-23-17-10-4-7-15-8-5-11-20-19(15)17/h4-5,7-8,10-11,13-14,16H,3,6,9,12H2,1-2H3,(H,21,22). The minimum absolute atomic E-state index is 0.133. The van der Waals surface area contributed by atoms with E-state index < -0.39 is 0 Å². The van der Waals surface area contributed by atoms with E-state index in [0.717, 1.165) is 22.2 Å². The number of thioether (sulfide) groups is 1. The summed E-state index contributed by atoms with van der Waals surface area (Å²) >= 11 is 1.57. The predicted molar refractivity (Wildman–Crippen MR) is 96.6 cm³/mol. The van der Waals surface area contributed by atoms with Crippen molar-refractivity contribution in [3.05, 3.63) is 36.5 Å². The molecule has 1 saturated carbocycles. The van der Waals surface area contributed by atoms with Crippen molar-refractivity contribution in [3.8, 4) is 0 Å². The number of benzene rings is 1. The molecule has 0 spiro atoms. The van der Waals surface area contributed by atoms with Crippen LogP contribution in [0.5, 0.6) is 0 Å². The molecular weight excluding hydrogens is 304 g/mol. The Bertz CT molecular complexity index is 683. The number of fused-ring (bicyclic) bond motifs is 1. The SMILES string of the molecule is CC1CCCC(NC(=O)CSc2cccc3cccnc23)C1C. The number of hydrogen-bond donors (Lipinski definition) is 1. The van der Waals surface area contributed by atoms with Crippen LogP contribution in [0, 0.1) is 11.8 Å². The fraction of sp³-hybridized carbons (Fsp3) is 0.474. The van der Waals surface area contributed by atoms with Crippen molar-refractivity contribution >= 4 is 28.6 Å². The van der Waals surface area contributed by atoms with Gasteiger partial charge in [0.1, 0.15) is 0 Å². The number of nitrogens with zero attached hydrogens (tertiary/aromatic N) is 1. The van der Waals surface area contributed by atoms with E-state index in [-0.39, 0.29) is 5.91 Å². The number of amides is 1. The first-order chi connectivity index (χ1) is 11.1. The van der Waals surface area contributed by atoms with Gasteiger partial charge in [0.25, 0.3) is 0 Å². The molecule has 4 heteroatoms. The molecule has 1 aliphatic carbocycles. The Hall–Kier alpha value is -1.55. The number of carbonyl (C=O) groups excluding carboxylic acids is 1. The molecule has 2 aromatic rings. The lowest BCUT2D eigenvalue weighted by Gasteiger charge is -2.34. The largest absolute Gasteiger partial charge is 0.352 e. The molecule has 1 fully saturated rings. The van der Waals surface area contributed by atoms with Crippen molar-refractivity contribution in [2.45, 2.75) is 44.0 Å². The summed E-state index contributed by atoms with van der Waals surface area (Å²) in [5.74, 6) is 1.85. The Labute approximate surface area is 142 Å². The fourth-order valence-corrected chi connectivity index (χ4v) is 4.22. The van der Waals surface area contributed by atoms with Gasteiger partial charge in [0.05, 0.1) is 11.3 Å². The Morgan fingerprint density at radius 1 is 1.26 bits per heavy atom. The van der Waals surface area contributed by atoms with E-state index in [1.165, 1.54) is 12.8 Å². The average Bonchev–Trinajstić information content (AvgIpc) is 2.57. The zero-order chi connectivity index (χ0) is 16.2. The summed E-state index contributed by atoms with van der Waals surface area (Å²) in [6, 6.07) is 10.4. The molecule has 1 amide bonds. The summed E-state index contributed by atoms with van der Waals surface area (Å²) in [5.41, 5.74) is 0.979. The van der Waals surface area contributed by atoms with Gasteiger partial charge in [0.15, 0.2) is 0 Å². The zero-order valence-electron chi connectivity index (χ0n) is 13.8. The highest BCUT2D eigenvalue weighted by molar-refractivity contribution is 8.00. The van der Waals surface area contributed by atoms with E-state index >= 15 is 0 Å². The van der Waals surface area contributed by atoms with E-state index in [4.69, 9.17) is 0 Å². The number of nitrogens with one attached hydrogen (secondary N) is 1. The monoisotopic (exact) mass is 328 g/mol. The second kappa shape index (κ2) is 7.35. The van der Waals surface area contributed by atoms with Gasteiger partial charge in [-0.2, -0.15) is 0 Å². The van der Waals surface area contributed by atoms with E-state index in [9.17, 15) is 4.79 Å². The molecule has 3 unspecified atom stereocenters. The van der Waals surface area contributed by atoms with Crippen molar-refractivity contribution in [2.75, 3.05) is 5.75 Å². The van der Waals surface area contributed by atoms with Crippen LogP contribution in [0.3, 0.4) is 0 Å². The smallest absolute Gasteiger partial charge is 0.230 e. The number of aromatic nitrogens is 1. The quantitative estimate of drug-likeness (QED) is 0.852. The van der Waals surface area contributed by atoms with E-state index in [1.807, 2.05) is 18.2 Å². The molecule has 0 bridgehead atoms. The molecule has 1 aromatic heterocycles. The van der Waals surface area contributed by atoms with Crippen molar-refractivity contribution in [1.29, 1.82) is 0 Å². The van der Waals surface area contributed by atoms with Gasteiger partial charge in [-0.15, -0.1) is 11.8 Å². The lowest BCUT2D eigenvalue weighted by Crippen LogP contribution is -2.44. The summed E-state index contributed by atoms with van der Waals surface area (Å²) in [5, 5.41) is 4.36. The highest BCUT2D eigenvalue weighted by atomic mass is 32.2. The van der Waals surface area contributed by atoms with Gasteiger partial charge < -0.3 is 5.32 Å². The van der Waals surface area contributed by atoms with Crippen molar-refractivity contribution < 1.29 is 4.79 Å². The minimum atomic E-state index is 0.133. The topological polar surface area (TPSA) is 42.0 Å². The number of carbonyl (C=O) groups is 1. The van der Waals surface area contributed by atoms with Gasteiger partial charge in [-0.25, -0.2) is 0 Å². The average molecular weight is 328 g/mol. The highest BCUT2D eigenvalue weighted by Crippen LogP contribution is 2.30. The maximum atomic E-state index is 12.3. The third kappa shape index (κ3) is 3.86. The van der Waals surface area contributed by atoms with Gasteiger partial charge in [-0.1, -0.05) is 44.9 Å². The Morgan fingerprint density at radius 3 is 2.96 bits per heavy atom. The minimum Gasteiger partial charge on any atom is -0.352 e. The molecule has 23 heavy (non-hydrogen) atoms. The molecular formula is C19H24N2OS. The Balaban J connectivity index is 1.60. The predicted octanol–water partition coefficient (Wildman–Crippen LogP) is 4.27. The molecule has 3 atom stereocenters. The van der Waals surface area contributed by atoms with E-state index in [2.05, 4.69) is 36.3 Å². The van der Waals surface area contributed by atoms with Gasteiger partial charge >= 0.3 is 0 Å². The molecule has 0 saturated heterocycles. The third-order valence-corrected chi connectivity index (χ3v) is 6.05. The van der Waals surface area contributed by atoms with E-state index in [0.29, 0.717) is 23.6 Å². The fourth-order valence-electron chi connectivity index (χ4n) is 3.37. The van der Waals surface area contributed by atoms with Gasteiger partial charge in [0.2, 0.25) is 5.91 Å². The molecule has 1 aromatic carbocycles. The second-order valence-electron chi connectivity index (χ2n) is 6.56. The van der Waals surface area contributed by atoms with Gasteiger partial charge in [0, 0.05) is 22.5 Å². The van der Waals surface area contributed by atoms with Crippen LogP contribution in [-0.2, 0) is 4.79 Å². The normalized spacial score (nSPS) is 24.5. The number of para-hydroxylation sites is 1. The summed E-state index contributed by atoms with van der Waals surface area (Å²) in [6.45, 7) is 4.55. The zero-order valence-corrected chi connectivity index (χ0v) is 14.6. The van der Waals surface area contributed by atoms with Crippen LogP contribution in [0.4, 0.5) is 0 Å². The molecule has 3 rings (SSSR count). The van der Waals surface area contributed by atoms with Crippen LogP contribution < -0.4 is 5.32 Å². The number of rotatable bonds is 4. The van der Waals surface area contributed by atoms with E-state index in [1.54, 1.807) is 18.0 Å². The lowest BCUT2D eigenvalue weighted by molar-refractivity contribution is -0.119. The second-order valence-corrected chi connectivity index (χ2v) is 7.58. The van der Waals surface area contributed by atoms with Crippen LogP contribution in [0.2, 0.25) is 0 Å². The Morgan fingerprint density at radius 2 is 2.09 bits per heavy atom. The number of pyridine rings is 1. The van der Waals surface area contributed by atoms with Crippen molar-refractivity contribution in [3.63, 3.8) is 0 Å². The third-order valence-electron chi connectivity index (χ3n) is 5.01. The lowest BCUT2D eigenvalue weighted by atomic mass is 9.78. The number of hydrogen-bond acceptors (Lipinski definition) is 3. The molecule has 1 N–H and O–H groups in total. The molecule has 0 aliphatic heterocycles. The van der Waals surface area contributed by atoms with Crippen LogP contribution in [0.1, 0.15) is 33.1 Å². The molecule has 1 aliphatic rings. The van der Waals surface area contributed by atoms with Crippen molar-refractivity contribution in [2.24, 2.45) is 11.8 Å². The first-order valence-corrected chi connectivity index (χ1v) is 9.39. The maximum absolute atomic E-state index is 12.3. The van der Waals surface area contributed by atoms with Crippen LogP contribution in [0.15, 0.2) is 41.4 Å². The van der Waals surface area contributed by atoms with Crippen molar-refractivity contribution in [1.82, 2.24) is 10.3 Å². The Kier molecular flexibility index (Phi) is 5.21. The summed E-state index contributed by atoms with van der Waals surface area (Å²) in [7, 11) is 0. The first kappa shape index (κ1) is 16.3. The summed E-state index contributed by atoms with van der Waals surface area (Å²) < 4.78 is 0.